The van der Waals surface area contributed by atoms with Crippen molar-refractivity contribution in [3.63, 3.8) is 0 Å². The molecular weight excluding hydrogens is 278 g/mol. The monoisotopic (exact) mass is 291 g/mol. The van der Waals surface area contributed by atoms with Gasteiger partial charge in [-0.15, -0.1) is 0 Å². The molecule has 2 rings (SSSR count). The number of rotatable bonds is 4. The molecule has 110 valence electrons. The Morgan fingerprint density at radius 3 is 2.67 bits per heavy atom. The van der Waals surface area contributed by atoms with Crippen molar-refractivity contribution < 1.29 is 18.9 Å². The molecule has 0 radical (unpaired) electrons. The summed E-state index contributed by atoms with van der Waals surface area (Å²) in [7, 11) is 0. The van der Waals surface area contributed by atoms with Crippen molar-refractivity contribution in [1.29, 1.82) is 0 Å². The van der Waals surface area contributed by atoms with Gasteiger partial charge in [0.25, 0.3) is 11.2 Å². The van der Waals surface area contributed by atoms with E-state index in [9.17, 15) is 19.7 Å². The minimum atomic E-state index is -1.02. The van der Waals surface area contributed by atoms with Crippen LogP contribution < -0.4 is 5.43 Å². The quantitative estimate of drug-likeness (QED) is 0.487. The Hall–Kier alpha value is -2.70. The fraction of sp³-hybridized carbons (Fsp3) is 0.286. The molecule has 0 aliphatic carbocycles. The van der Waals surface area contributed by atoms with E-state index >= 15 is 0 Å². The Morgan fingerprint density at radius 2 is 2.05 bits per heavy atom. The van der Waals surface area contributed by atoms with E-state index < -0.39 is 27.8 Å². The molecule has 21 heavy (non-hydrogen) atoms. The van der Waals surface area contributed by atoms with E-state index in [-0.39, 0.29) is 23.5 Å². The average Bonchev–Trinajstić information content (AvgIpc) is 2.44. The molecule has 0 fully saturated rings. The number of carbonyl (C=O) groups is 1. The smallest absolute Gasteiger partial charge is 0.381 e. The summed E-state index contributed by atoms with van der Waals surface area (Å²) < 4.78 is 10.1. The number of esters is 1. The third kappa shape index (κ3) is 2.91. The number of ether oxygens (including phenoxy) is 1. The lowest BCUT2D eigenvalue weighted by molar-refractivity contribution is -0.387. The zero-order chi connectivity index (χ0) is 15.6. The van der Waals surface area contributed by atoms with E-state index in [1.54, 1.807) is 12.1 Å². The fourth-order valence-corrected chi connectivity index (χ4v) is 1.74. The summed E-state index contributed by atoms with van der Waals surface area (Å²) in [6, 6.07) is 6.01. The van der Waals surface area contributed by atoms with Crippen LogP contribution in [-0.2, 0) is 4.74 Å². The normalized spacial score (nSPS) is 10.8. The summed E-state index contributed by atoms with van der Waals surface area (Å²) in [4.78, 5) is 34.2. The first kappa shape index (κ1) is 14.7. The van der Waals surface area contributed by atoms with Crippen molar-refractivity contribution in [2.24, 2.45) is 5.92 Å². The number of benzene rings is 1. The van der Waals surface area contributed by atoms with Crippen molar-refractivity contribution in [3.05, 3.63) is 50.4 Å². The topological polar surface area (TPSA) is 99.7 Å². The van der Waals surface area contributed by atoms with Crippen LogP contribution in [0, 0.1) is 16.0 Å². The maximum absolute atomic E-state index is 12.1. The van der Waals surface area contributed by atoms with Gasteiger partial charge in [-0.25, -0.2) is 4.79 Å². The highest BCUT2D eigenvalue weighted by molar-refractivity contribution is 5.93. The van der Waals surface area contributed by atoms with Crippen LogP contribution in [0.3, 0.4) is 0 Å². The van der Waals surface area contributed by atoms with Crippen LogP contribution in [0.4, 0.5) is 5.69 Å². The minimum absolute atomic E-state index is 0.0459. The maximum atomic E-state index is 12.1. The Kier molecular flexibility index (Phi) is 4.02. The number of hydrogen-bond donors (Lipinski definition) is 0. The Balaban J connectivity index is 2.61. The van der Waals surface area contributed by atoms with Gasteiger partial charge in [0.2, 0.25) is 0 Å². The van der Waals surface area contributed by atoms with Crippen molar-refractivity contribution in [2.45, 2.75) is 13.8 Å². The van der Waals surface area contributed by atoms with Gasteiger partial charge in [-0.05, 0) is 18.1 Å². The molecule has 0 aliphatic heterocycles. The van der Waals surface area contributed by atoms with Gasteiger partial charge >= 0.3 is 11.7 Å². The number of para-hydroxylation sites is 1. The molecule has 0 amide bonds. The molecule has 1 heterocycles. The maximum Gasteiger partial charge on any atom is 0.381 e. The summed E-state index contributed by atoms with van der Waals surface area (Å²) in [6.45, 7) is 3.71. The molecule has 7 nitrogen and oxygen atoms in total. The highest BCUT2D eigenvalue weighted by atomic mass is 16.6. The molecule has 1 aromatic heterocycles. The van der Waals surface area contributed by atoms with Gasteiger partial charge in [-0.3, -0.25) is 14.9 Å². The van der Waals surface area contributed by atoms with Crippen molar-refractivity contribution in [2.75, 3.05) is 6.61 Å². The number of nitro groups is 1. The number of carbonyl (C=O) groups excluding carboxylic acids is 1. The van der Waals surface area contributed by atoms with E-state index in [0.29, 0.717) is 0 Å². The SMILES string of the molecule is CC(C)COC(=O)c1oc2ccccc2c(=O)c1[N+](=O)[O-]. The summed E-state index contributed by atoms with van der Waals surface area (Å²) in [5.74, 6) is -1.64. The molecule has 0 N–H and O–H groups in total. The van der Waals surface area contributed by atoms with Crippen LogP contribution in [0.1, 0.15) is 24.4 Å². The van der Waals surface area contributed by atoms with Crippen molar-refractivity contribution in [3.8, 4) is 0 Å². The third-order valence-electron chi connectivity index (χ3n) is 2.69. The Bertz CT molecular complexity index is 762. The number of nitrogens with zero attached hydrogens (tertiary/aromatic N) is 1. The van der Waals surface area contributed by atoms with E-state index in [4.69, 9.17) is 9.15 Å². The van der Waals surface area contributed by atoms with Crippen molar-refractivity contribution in [1.82, 2.24) is 0 Å². The molecule has 0 spiro atoms. The lowest BCUT2D eigenvalue weighted by atomic mass is 10.2. The predicted octanol–water partition coefficient (Wildman–Crippen LogP) is 2.51. The first-order valence-corrected chi connectivity index (χ1v) is 6.29. The molecule has 0 saturated carbocycles. The summed E-state index contributed by atoms with van der Waals surface area (Å²) >= 11 is 0. The van der Waals surface area contributed by atoms with Crippen LogP contribution in [0.5, 0.6) is 0 Å². The molecular formula is C14H13NO6. The summed E-state index contributed by atoms with van der Waals surface area (Å²) in [5.41, 5.74) is -1.66. The predicted molar refractivity (Wildman–Crippen MR) is 74.3 cm³/mol. The van der Waals surface area contributed by atoms with Crippen LogP contribution in [0.15, 0.2) is 33.5 Å². The van der Waals surface area contributed by atoms with E-state index in [1.165, 1.54) is 12.1 Å². The molecule has 0 aliphatic rings. The van der Waals surface area contributed by atoms with E-state index in [2.05, 4.69) is 0 Å². The molecule has 0 saturated heterocycles. The molecule has 2 aromatic rings. The standard InChI is InChI=1S/C14H13NO6/c1-8(2)7-20-14(17)13-11(15(18)19)12(16)9-5-3-4-6-10(9)21-13/h3-6,8H,7H2,1-2H3. The fourth-order valence-electron chi connectivity index (χ4n) is 1.74. The molecule has 1 aromatic carbocycles. The van der Waals surface area contributed by atoms with Gasteiger partial charge in [-0.2, -0.15) is 0 Å². The molecule has 0 unspecified atom stereocenters. The van der Waals surface area contributed by atoms with Crippen LogP contribution in [0.2, 0.25) is 0 Å². The number of hydrogen-bond acceptors (Lipinski definition) is 6. The first-order chi connectivity index (χ1) is 9.91. The summed E-state index contributed by atoms with van der Waals surface area (Å²) in [6.07, 6.45) is 0. The van der Waals surface area contributed by atoms with Crippen molar-refractivity contribution >= 4 is 22.6 Å². The van der Waals surface area contributed by atoms with Gasteiger partial charge in [0, 0.05) is 0 Å². The largest absolute Gasteiger partial charge is 0.459 e. The third-order valence-corrected chi connectivity index (χ3v) is 2.69. The Labute approximate surface area is 119 Å². The Morgan fingerprint density at radius 1 is 1.38 bits per heavy atom. The van der Waals surface area contributed by atoms with Crippen LogP contribution in [0.25, 0.3) is 11.0 Å². The highest BCUT2D eigenvalue weighted by Crippen LogP contribution is 2.21. The van der Waals surface area contributed by atoms with Gasteiger partial charge in [0.05, 0.1) is 16.9 Å². The summed E-state index contributed by atoms with van der Waals surface area (Å²) in [5, 5.41) is 11.1. The van der Waals surface area contributed by atoms with Crippen LogP contribution in [-0.4, -0.2) is 17.5 Å². The second kappa shape index (κ2) is 5.74. The first-order valence-electron chi connectivity index (χ1n) is 6.29. The van der Waals surface area contributed by atoms with Gasteiger partial charge in [0.1, 0.15) is 5.58 Å². The highest BCUT2D eigenvalue weighted by Gasteiger charge is 2.30. The zero-order valence-electron chi connectivity index (χ0n) is 11.5. The van der Waals surface area contributed by atoms with E-state index in [1.807, 2.05) is 13.8 Å². The number of fused-ring (bicyclic) bond motifs is 1. The molecule has 0 bridgehead atoms. The second-order valence-electron chi connectivity index (χ2n) is 4.85. The van der Waals surface area contributed by atoms with Crippen LogP contribution >= 0.6 is 0 Å². The van der Waals surface area contributed by atoms with E-state index in [0.717, 1.165) is 0 Å². The molecule has 0 atom stereocenters. The van der Waals surface area contributed by atoms with Gasteiger partial charge in [-0.1, -0.05) is 26.0 Å². The lowest BCUT2D eigenvalue weighted by Gasteiger charge is -2.07. The molecule has 7 heteroatoms. The van der Waals surface area contributed by atoms with Gasteiger partial charge < -0.3 is 9.15 Å². The minimum Gasteiger partial charge on any atom is -0.459 e. The second-order valence-corrected chi connectivity index (χ2v) is 4.85. The van der Waals surface area contributed by atoms with Gasteiger partial charge in [0.15, 0.2) is 0 Å². The lowest BCUT2D eigenvalue weighted by Crippen LogP contribution is -2.17. The zero-order valence-corrected chi connectivity index (χ0v) is 11.5. The average molecular weight is 291 g/mol.